The van der Waals surface area contributed by atoms with E-state index in [0.717, 1.165) is 23.4 Å². The first-order chi connectivity index (χ1) is 9.61. The average Bonchev–Trinajstić information content (AvgIpc) is 3.12. The van der Waals surface area contributed by atoms with Crippen molar-refractivity contribution in [3.63, 3.8) is 0 Å². The fourth-order valence-corrected chi connectivity index (χ4v) is 3.99. The van der Waals surface area contributed by atoms with Crippen LogP contribution >= 0.6 is 0 Å². The Morgan fingerprint density at radius 1 is 1.40 bits per heavy atom. The largest absolute Gasteiger partial charge is 0.462 e. The fourth-order valence-electron chi connectivity index (χ4n) is 3.99. The molecule has 20 heavy (non-hydrogen) atoms. The van der Waals surface area contributed by atoms with E-state index < -0.39 is 0 Å². The second-order valence-corrected chi connectivity index (χ2v) is 6.42. The van der Waals surface area contributed by atoms with Crippen molar-refractivity contribution >= 4 is 12.0 Å². The van der Waals surface area contributed by atoms with Gasteiger partial charge in [0, 0.05) is 12.1 Å². The van der Waals surface area contributed by atoms with E-state index in [9.17, 15) is 4.79 Å². The highest BCUT2D eigenvalue weighted by atomic mass is 16.3. The molecule has 3 nitrogen and oxygen atoms in total. The second-order valence-electron chi connectivity index (χ2n) is 6.42. The zero-order valence-electron chi connectivity index (χ0n) is 12.3. The van der Waals surface area contributed by atoms with Crippen LogP contribution in [-0.2, 0) is 4.79 Å². The van der Waals surface area contributed by atoms with Gasteiger partial charge in [0.25, 0.3) is 0 Å². The molecule has 0 radical (unpaired) electrons. The number of amides is 1. The third kappa shape index (κ3) is 2.82. The highest BCUT2D eigenvalue weighted by Crippen LogP contribution is 2.49. The van der Waals surface area contributed by atoms with E-state index in [2.05, 4.69) is 12.2 Å². The predicted molar refractivity (Wildman–Crippen MR) is 79.0 cm³/mol. The highest BCUT2D eigenvalue weighted by molar-refractivity contribution is 5.91. The molecule has 0 unspecified atom stereocenters. The number of aryl methyl sites for hydroxylation is 1. The number of rotatable bonds is 4. The van der Waals surface area contributed by atoms with Crippen LogP contribution in [0, 0.1) is 24.7 Å². The monoisotopic (exact) mass is 273 g/mol. The number of nitrogens with one attached hydrogen (secondary N) is 1. The van der Waals surface area contributed by atoms with Gasteiger partial charge >= 0.3 is 0 Å². The smallest absolute Gasteiger partial charge is 0.244 e. The Hall–Kier alpha value is -1.51. The Morgan fingerprint density at radius 2 is 2.25 bits per heavy atom. The standard InChI is InChI=1S/C17H23NO2/c1-11-3-6-15(20-11)7-8-17(19)18-12(2)16-10-13-4-5-14(16)9-13/h3,6-8,12-14,16H,4-5,9-10H2,1-2H3,(H,18,19)/b8-7+/t12-,13+,14+,16-/m0/s1. The van der Waals surface area contributed by atoms with Gasteiger partial charge < -0.3 is 9.73 Å². The Bertz CT molecular complexity index is 517. The first-order valence-electron chi connectivity index (χ1n) is 7.67. The number of carbonyl (C=O) groups is 1. The van der Waals surface area contributed by atoms with Crippen LogP contribution in [0.3, 0.4) is 0 Å². The summed E-state index contributed by atoms with van der Waals surface area (Å²) in [6.07, 6.45) is 8.74. The molecule has 2 saturated carbocycles. The molecule has 2 aliphatic rings. The van der Waals surface area contributed by atoms with Crippen LogP contribution in [0.15, 0.2) is 22.6 Å². The van der Waals surface area contributed by atoms with Crippen LogP contribution in [0.2, 0.25) is 0 Å². The molecule has 2 aliphatic carbocycles. The summed E-state index contributed by atoms with van der Waals surface area (Å²) in [6.45, 7) is 4.04. The Balaban J connectivity index is 1.52. The SMILES string of the molecule is Cc1ccc(/C=C/C(=O)N[C@@H](C)[C@@H]2C[C@@H]3CC[C@@H]2C3)o1. The summed E-state index contributed by atoms with van der Waals surface area (Å²) >= 11 is 0. The fraction of sp³-hybridized carbons (Fsp3) is 0.588. The van der Waals surface area contributed by atoms with Crippen molar-refractivity contribution in [3.05, 3.63) is 29.7 Å². The molecule has 3 heteroatoms. The number of furan rings is 1. The van der Waals surface area contributed by atoms with Crippen LogP contribution in [0.5, 0.6) is 0 Å². The van der Waals surface area contributed by atoms with Gasteiger partial charge in [-0.25, -0.2) is 0 Å². The van der Waals surface area contributed by atoms with Crippen LogP contribution in [0.4, 0.5) is 0 Å². The van der Waals surface area contributed by atoms with Crippen molar-refractivity contribution in [1.29, 1.82) is 0 Å². The van der Waals surface area contributed by atoms with Gasteiger partial charge in [0.05, 0.1) is 0 Å². The lowest BCUT2D eigenvalue weighted by Gasteiger charge is -2.28. The van der Waals surface area contributed by atoms with Crippen LogP contribution in [0.25, 0.3) is 6.08 Å². The van der Waals surface area contributed by atoms with E-state index in [-0.39, 0.29) is 11.9 Å². The molecule has 0 spiro atoms. The minimum absolute atomic E-state index is 0.0191. The minimum Gasteiger partial charge on any atom is -0.462 e. The van der Waals surface area contributed by atoms with Gasteiger partial charge in [0.1, 0.15) is 11.5 Å². The lowest BCUT2D eigenvalue weighted by atomic mass is 9.84. The summed E-state index contributed by atoms with van der Waals surface area (Å²) in [5.41, 5.74) is 0. The summed E-state index contributed by atoms with van der Waals surface area (Å²) < 4.78 is 5.41. The van der Waals surface area contributed by atoms with Gasteiger partial charge in [-0.15, -0.1) is 0 Å². The molecule has 0 aliphatic heterocycles. The van der Waals surface area contributed by atoms with E-state index in [1.54, 1.807) is 12.2 Å². The maximum Gasteiger partial charge on any atom is 0.244 e. The van der Waals surface area contributed by atoms with Crippen molar-refractivity contribution in [1.82, 2.24) is 5.32 Å². The maximum atomic E-state index is 12.0. The van der Waals surface area contributed by atoms with E-state index >= 15 is 0 Å². The summed E-state index contributed by atoms with van der Waals surface area (Å²) in [4.78, 5) is 12.0. The van der Waals surface area contributed by atoms with E-state index in [0.29, 0.717) is 5.92 Å². The molecule has 1 heterocycles. The molecule has 4 atom stereocenters. The van der Waals surface area contributed by atoms with Gasteiger partial charge in [-0.05, 0) is 69.1 Å². The molecular weight excluding hydrogens is 250 g/mol. The lowest BCUT2D eigenvalue weighted by molar-refractivity contribution is -0.117. The molecule has 2 bridgehead atoms. The van der Waals surface area contributed by atoms with Crippen molar-refractivity contribution in [2.24, 2.45) is 17.8 Å². The maximum absolute atomic E-state index is 12.0. The Morgan fingerprint density at radius 3 is 2.85 bits per heavy atom. The topological polar surface area (TPSA) is 42.2 Å². The van der Waals surface area contributed by atoms with Gasteiger partial charge in [0.15, 0.2) is 0 Å². The third-order valence-corrected chi connectivity index (χ3v) is 4.97. The van der Waals surface area contributed by atoms with Crippen molar-refractivity contribution in [2.45, 2.75) is 45.6 Å². The molecule has 1 aromatic rings. The van der Waals surface area contributed by atoms with Crippen LogP contribution in [-0.4, -0.2) is 11.9 Å². The Labute approximate surface area is 120 Å². The normalized spacial score (nSPS) is 30.0. The third-order valence-electron chi connectivity index (χ3n) is 4.97. The summed E-state index contributed by atoms with van der Waals surface area (Å²) in [6, 6.07) is 4.05. The van der Waals surface area contributed by atoms with E-state index in [4.69, 9.17) is 4.42 Å². The number of carbonyl (C=O) groups excluding carboxylic acids is 1. The van der Waals surface area contributed by atoms with E-state index in [1.165, 1.54) is 25.7 Å². The zero-order valence-corrected chi connectivity index (χ0v) is 12.3. The first-order valence-corrected chi connectivity index (χ1v) is 7.67. The van der Waals surface area contributed by atoms with Gasteiger partial charge in [0.2, 0.25) is 5.91 Å². The molecule has 3 rings (SSSR count). The summed E-state index contributed by atoms with van der Waals surface area (Å²) in [7, 11) is 0. The zero-order chi connectivity index (χ0) is 14.1. The summed E-state index contributed by atoms with van der Waals surface area (Å²) in [5.74, 6) is 4.01. The van der Waals surface area contributed by atoms with Gasteiger partial charge in [-0.3, -0.25) is 4.79 Å². The average molecular weight is 273 g/mol. The predicted octanol–water partition coefficient (Wildman–Crippen LogP) is 3.54. The molecule has 1 aromatic heterocycles. The minimum atomic E-state index is -0.0191. The van der Waals surface area contributed by atoms with Gasteiger partial charge in [-0.1, -0.05) is 6.42 Å². The quantitative estimate of drug-likeness (QED) is 0.853. The highest BCUT2D eigenvalue weighted by Gasteiger charge is 2.41. The number of hydrogen-bond acceptors (Lipinski definition) is 2. The summed E-state index contributed by atoms with van der Waals surface area (Å²) in [5, 5.41) is 3.12. The molecule has 0 aromatic carbocycles. The second kappa shape index (κ2) is 5.47. The number of hydrogen-bond donors (Lipinski definition) is 1. The molecule has 108 valence electrons. The molecule has 1 N–H and O–H groups in total. The molecular formula is C17H23NO2. The van der Waals surface area contributed by atoms with Crippen molar-refractivity contribution in [2.75, 3.05) is 0 Å². The Kier molecular flexibility index (Phi) is 3.68. The van der Waals surface area contributed by atoms with Crippen LogP contribution in [0.1, 0.15) is 44.1 Å². The van der Waals surface area contributed by atoms with Crippen molar-refractivity contribution < 1.29 is 9.21 Å². The molecule has 1 amide bonds. The van der Waals surface area contributed by atoms with Crippen molar-refractivity contribution in [3.8, 4) is 0 Å². The van der Waals surface area contributed by atoms with Crippen LogP contribution < -0.4 is 5.32 Å². The number of fused-ring (bicyclic) bond motifs is 2. The first kappa shape index (κ1) is 13.5. The van der Waals surface area contributed by atoms with Gasteiger partial charge in [-0.2, -0.15) is 0 Å². The lowest BCUT2D eigenvalue weighted by Crippen LogP contribution is -2.39. The molecule has 0 saturated heterocycles. The van der Waals surface area contributed by atoms with E-state index in [1.807, 2.05) is 19.1 Å². The molecule has 2 fully saturated rings.